The predicted molar refractivity (Wildman–Crippen MR) is 110 cm³/mol. The number of halogens is 1. The van der Waals surface area contributed by atoms with Gasteiger partial charge in [0.05, 0.1) is 6.42 Å². The fraction of sp³-hybridized carbons (Fsp3) is 0.0909. The van der Waals surface area contributed by atoms with E-state index in [9.17, 15) is 14.7 Å². The van der Waals surface area contributed by atoms with Crippen molar-refractivity contribution in [1.82, 2.24) is 10.9 Å². The van der Waals surface area contributed by atoms with Crippen molar-refractivity contribution < 1.29 is 19.4 Å². The normalized spacial score (nSPS) is 10.2. The van der Waals surface area contributed by atoms with Crippen LogP contribution in [0.4, 0.5) is 0 Å². The van der Waals surface area contributed by atoms with E-state index >= 15 is 0 Å². The van der Waals surface area contributed by atoms with Crippen molar-refractivity contribution in [2.45, 2.75) is 13.0 Å². The molecule has 2 amide bonds. The van der Waals surface area contributed by atoms with E-state index in [0.29, 0.717) is 22.9 Å². The quantitative estimate of drug-likeness (QED) is 0.541. The van der Waals surface area contributed by atoms with Gasteiger partial charge in [0.25, 0.3) is 5.91 Å². The lowest BCUT2D eigenvalue weighted by Crippen LogP contribution is -2.42. The smallest absolute Gasteiger partial charge is 0.269 e. The van der Waals surface area contributed by atoms with E-state index in [2.05, 4.69) is 10.9 Å². The summed E-state index contributed by atoms with van der Waals surface area (Å²) in [4.78, 5) is 24.1. The van der Waals surface area contributed by atoms with E-state index in [1.165, 1.54) is 12.1 Å². The standard InChI is InChI=1S/C22H19ClN2O4/c23-18-7-11-20(12-8-18)29-14-16-1-5-17(6-2-16)22(28)25-24-21(27)13-15-3-9-19(26)10-4-15/h1-12,26H,13-14H2,(H,24,27)(H,25,28). The lowest BCUT2D eigenvalue weighted by atomic mass is 10.1. The summed E-state index contributed by atoms with van der Waals surface area (Å²) < 4.78 is 5.66. The van der Waals surface area contributed by atoms with Crippen LogP contribution in [-0.2, 0) is 17.8 Å². The van der Waals surface area contributed by atoms with Crippen LogP contribution in [0.1, 0.15) is 21.5 Å². The van der Waals surface area contributed by atoms with Crippen molar-refractivity contribution in [1.29, 1.82) is 0 Å². The van der Waals surface area contributed by atoms with Gasteiger partial charge in [-0.15, -0.1) is 0 Å². The molecule has 0 fully saturated rings. The summed E-state index contributed by atoms with van der Waals surface area (Å²) >= 11 is 5.84. The molecule has 0 saturated carbocycles. The Labute approximate surface area is 173 Å². The summed E-state index contributed by atoms with van der Waals surface area (Å²) in [7, 11) is 0. The number of hydrogen-bond donors (Lipinski definition) is 3. The summed E-state index contributed by atoms with van der Waals surface area (Å²) in [5, 5.41) is 9.89. The third-order valence-electron chi connectivity index (χ3n) is 4.05. The summed E-state index contributed by atoms with van der Waals surface area (Å²) in [5.41, 5.74) is 6.78. The largest absolute Gasteiger partial charge is 0.508 e. The van der Waals surface area contributed by atoms with Gasteiger partial charge >= 0.3 is 0 Å². The molecule has 3 aromatic carbocycles. The van der Waals surface area contributed by atoms with Gasteiger partial charge < -0.3 is 9.84 Å². The van der Waals surface area contributed by atoms with Gasteiger partial charge in [-0.3, -0.25) is 20.4 Å². The fourth-order valence-electron chi connectivity index (χ4n) is 2.49. The molecule has 0 radical (unpaired) electrons. The summed E-state index contributed by atoms with van der Waals surface area (Å²) in [6, 6.07) is 20.2. The second-order valence-electron chi connectivity index (χ2n) is 6.29. The molecule has 0 aliphatic carbocycles. The zero-order chi connectivity index (χ0) is 20.6. The molecule has 29 heavy (non-hydrogen) atoms. The van der Waals surface area contributed by atoms with Crippen LogP contribution in [0.2, 0.25) is 5.02 Å². The molecule has 0 aliphatic rings. The Bertz CT molecular complexity index is 971. The Kier molecular flexibility index (Phi) is 6.71. The summed E-state index contributed by atoms with van der Waals surface area (Å²) in [6.07, 6.45) is 0.0849. The molecule has 0 aliphatic heterocycles. The molecule has 6 nitrogen and oxygen atoms in total. The lowest BCUT2D eigenvalue weighted by molar-refractivity contribution is -0.121. The van der Waals surface area contributed by atoms with Crippen LogP contribution in [0.15, 0.2) is 72.8 Å². The van der Waals surface area contributed by atoms with E-state index < -0.39 is 5.91 Å². The molecule has 0 unspecified atom stereocenters. The van der Waals surface area contributed by atoms with Crippen LogP contribution < -0.4 is 15.6 Å². The number of phenols is 1. The molecular weight excluding hydrogens is 392 g/mol. The maximum Gasteiger partial charge on any atom is 0.269 e. The number of ether oxygens (including phenoxy) is 1. The van der Waals surface area contributed by atoms with E-state index in [4.69, 9.17) is 16.3 Å². The number of benzene rings is 3. The van der Waals surface area contributed by atoms with Crippen molar-refractivity contribution in [3.63, 3.8) is 0 Å². The first-order chi connectivity index (χ1) is 14.0. The van der Waals surface area contributed by atoms with Crippen molar-refractivity contribution in [2.75, 3.05) is 0 Å². The van der Waals surface area contributed by atoms with Gasteiger partial charge in [0.15, 0.2) is 0 Å². The van der Waals surface area contributed by atoms with Crippen molar-refractivity contribution >= 4 is 23.4 Å². The molecule has 0 saturated heterocycles. The highest BCUT2D eigenvalue weighted by atomic mass is 35.5. The lowest BCUT2D eigenvalue weighted by Gasteiger charge is -2.09. The van der Waals surface area contributed by atoms with Crippen LogP contribution in [0.25, 0.3) is 0 Å². The molecule has 0 bridgehead atoms. The summed E-state index contributed by atoms with van der Waals surface area (Å²) in [5.74, 6) is 0.0447. The number of hydrogen-bond acceptors (Lipinski definition) is 4. The van der Waals surface area contributed by atoms with Crippen molar-refractivity contribution in [3.8, 4) is 11.5 Å². The van der Waals surface area contributed by atoms with E-state index in [-0.39, 0.29) is 18.1 Å². The van der Waals surface area contributed by atoms with Gasteiger partial charge in [0.2, 0.25) is 5.91 Å². The fourth-order valence-corrected chi connectivity index (χ4v) is 2.62. The second-order valence-corrected chi connectivity index (χ2v) is 6.72. The number of aromatic hydroxyl groups is 1. The molecule has 0 atom stereocenters. The Balaban J connectivity index is 1.46. The topological polar surface area (TPSA) is 87.7 Å². The van der Waals surface area contributed by atoms with Crippen LogP contribution in [-0.4, -0.2) is 16.9 Å². The van der Waals surface area contributed by atoms with Crippen LogP contribution >= 0.6 is 11.6 Å². The first-order valence-electron chi connectivity index (χ1n) is 8.84. The minimum absolute atomic E-state index is 0.0849. The zero-order valence-corrected chi connectivity index (χ0v) is 16.1. The van der Waals surface area contributed by atoms with Crippen LogP contribution in [0.5, 0.6) is 11.5 Å². The third-order valence-corrected chi connectivity index (χ3v) is 4.30. The molecule has 3 N–H and O–H groups in total. The Morgan fingerprint density at radius 3 is 2.10 bits per heavy atom. The monoisotopic (exact) mass is 410 g/mol. The first-order valence-corrected chi connectivity index (χ1v) is 9.22. The molecule has 7 heteroatoms. The van der Waals surface area contributed by atoms with Gasteiger partial charge in [-0.2, -0.15) is 0 Å². The number of carbonyl (C=O) groups excluding carboxylic acids is 2. The average molecular weight is 411 g/mol. The highest BCUT2D eigenvalue weighted by Gasteiger charge is 2.08. The molecular formula is C22H19ClN2O4. The number of hydrazine groups is 1. The maximum atomic E-state index is 12.2. The average Bonchev–Trinajstić information content (AvgIpc) is 2.74. The molecule has 148 valence electrons. The minimum Gasteiger partial charge on any atom is -0.508 e. The predicted octanol–water partition coefficient (Wildman–Crippen LogP) is 3.63. The maximum absolute atomic E-state index is 12.2. The van der Waals surface area contributed by atoms with Crippen LogP contribution in [0, 0.1) is 0 Å². The molecule has 3 rings (SSSR count). The number of nitrogens with one attached hydrogen (secondary N) is 2. The van der Waals surface area contributed by atoms with E-state index in [1.54, 1.807) is 60.7 Å². The van der Waals surface area contributed by atoms with Gasteiger partial charge in [-0.05, 0) is 59.7 Å². The highest BCUT2D eigenvalue weighted by Crippen LogP contribution is 2.17. The summed E-state index contributed by atoms with van der Waals surface area (Å²) in [6.45, 7) is 0.354. The van der Waals surface area contributed by atoms with Crippen molar-refractivity contribution in [3.05, 3.63) is 94.5 Å². The third kappa shape index (κ3) is 6.26. The molecule has 0 spiro atoms. The van der Waals surface area contributed by atoms with Gasteiger partial charge in [-0.1, -0.05) is 35.9 Å². The second kappa shape index (κ2) is 9.61. The minimum atomic E-state index is -0.422. The Hall–Kier alpha value is -3.51. The van der Waals surface area contributed by atoms with Gasteiger partial charge in [0.1, 0.15) is 18.1 Å². The van der Waals surface area contributed by atoms with E-state index in [0.717, 1.165) is 11.1 Å². The van der Waals surface area contributed by atoms with Gasteiger partial charge in [0, 0.05) is 10.6 Å². The highest BCUT2D eigenvalue weighted by molar-refractivity contribution is 6.30. The number of phenolic OH excluding ortho intramolecular Hbond substituents is 1. The van der Waals surface area contributed by atoms with Crippen molar-refractivity contribution in [2.24, 2.45) is 0 Å². The van der Waals surface area contributed by atoms with Crippen LogP contribution in [0.3, 0.4) is 0 Å². The molecule has 0 heterocycles. The number of carbonyl (C=O) groups is 2. The SMILES string of the molecule is O=C(Cc1ccc(O)cc1)NNC(=O)c1ccc(COc2ccc(Cl)cc2)cc1. The molecule has 3 aromatic rings. The first kappa shape index (κ1) is 20.2. The number of amides is 2. The molecule has 0 aromatic heterocycles. The zero-order valence-electron chi connectivity index (χ0n) is 15.4. The number of rotatable bonds is 6. The Morgan fingerprint density at radius 2 is 1.45 bits per heavy atom. The van der Waals surface area contributed by atoms with Gasteiger partial charge in [-0.25, -0.2) is 0 Å². The van der Waals surface area contributed by atoms with E-state index in [1.807, 2.05) is 0 Å². The Morgan fingerprint density at radius 1 is 0.828 bits per heavy atom.